The molecular formula is C37H46N2O9S. The van der Waals surface area contributed by atoms with Crippen LogP contribution in [0, 0.1) is 17.8 Å². The van der Waals surface area contributed by atoms with E-state index < -0.39 is 57.3 Å². The van der Waals surface area contributed by atoms with E-state index in [1.165, 1.54) is 0 Å². The highest BCUT2D eigenvalue weighted by atomic mass is 32.2. The minimum atomic E-state index is -4.99. The van der Waals surface area contributed by atoms with E-state index in [1.54, 1.807) is 12.1 Å². The van der Waals surface area contributed by atoms with Crippen LogP contribution < -0.4 is 10.6 Å². The third-order valence-corrected chi connectivity index (χ3v) is 9.91. The molecule has 4 N–H and O–H groups in total. The van der Waals surface area contributed by atoms with E-state index in [0.29, 0.717) is 19.3 Å². The Morgan fingerprint density at radius 2 is 1.63 bits per heavy atom. The molecule has 4 rings (SSSR count). The Kier molecular flexibility index (Phi) is 13.5. The van der Waals surface area contributed by atoms with Gasteiger partial charge in [-0.2, -0.15) is 8.42 Å². The molecule has 49 heavy (non-hydrogen) atoms. The second kappa shape index (κ2) is 17.5. The van der Waals surface area contributed by atoms with E-state index in [2.05, 4.69) is 10.6 Å². The van der Waals surface area contributed by atoms with Gasteiger partial charge in [0, 0.05) is 31.1 Å². The van der Waals surface area contributed by atoms with Gasteiger partial charge in [0.2, 0.25) is 11.3 Å². The van der Waals surface area contributed by atoms with Crippen molar-refractivity contribution < 1.29 is 42.0 Å². The number of hydrogen-bond acceptors (Lipinski definition) is 8. The monoisotopic (exact) mass is 694 g/mol. The van der Waals surface area contributed by atoms with Gasteiger partial charge in [-0.3, -0.25) is 18.9 Å². The topological polar surface area (TPSA) is 176 Å². The van der Waals surface area contributed by atoms with Crippen molar-refractivity contribution in [1.29, 1.82) is 0 Å². The van der Waals surface area contributed by atoms with Crippen LogP contribution in [0.15, 0.2) is 72.8 Å². The van der Waals surface area contributed by atoms with Gasteiger partial charge < -0.3 is 20.5 Å². The molecule has 2 amide bonds. The van der Waals surface area contributed by atoms with E-state index in [-0.39, 0.29) is 44.0 Å². The molecule has 1 saturated carbocycles. The first-order valence-corrected chi connectivity index (χ1v) is 18.3. The Balaban J connectivity index is 1.56. The fourth-order valence-corrected chi connectivity index (χ4v) is 7.04. The Hall–Kier alpha value is -4.13. The number of alkyl carbamates (subject to hydrolysis) is 1. The van der Waals surface area contributed by atoms with Gasteiger partial charge in [-0.05, 0) is 53.5 Å². The van der Waals surface area contributed by atoms with Gasteiger partial charge in [-0.15, -0.1) is 0 Å². The molecule has 0 radical (unpaired) electrons. The Bertz CT molecular complexity index is 1710. The number of carbonyl (C=O) groups is 4. The largest absolute Gasteiger partial charge is 0.445 e. The zero-order chi connectivity index (χ0) is 35.6. The minimum Gasteiger partial charge on any atom is -0.445 e. The van der Waals surface area contributed by atoms with Crippen LogP contribution in [0.5, 0.6) is 0 Å². The molecule has 11 nitrogen and oxygen atoms in total. The molecule has 0 saturated heterocycles. The van der Waals surface area contributed by atoms with Gasteiger partial charge in [0.05, 0.1) is 12.1 Å². The number of amides is 2. The highest BCUT2D eigenvalue weighted by Crippen LogP contribution is 2.27. The maximum atomic E-state index is 14.0. The summed E-state index contributed by atoms with van der Waals surface area (Å²) in [7, 11) is -4.99. The molecule has 1 unspecified atom stereocenters. The van der Waals surface area contributed by atoms with Crippen molar-refractivity contribution in [3.05, 3.63) is 83.9 Å². The maximum Gasteiger partial charge on any atom is 0.408 e. The summed E-state index contributed by atoms with van der Waals surface area (Å²) in [5.41, 5.74) is -0.792. The lowest BCUT2D eigenvalue weighted by molar-refractivity contribution is -0.132. The summed E-state index contributed by atoms with van der Waals surface area (Å²) >= 11 is 0. The third kappa shape index (κ3) is 11.2. The zero-order valence-corrected chi connectivity index (χ0v) is 28.7. The number of ketones is 2. The molecule has 5 atom stereocenters. The van der Waals surface area contributed by atoms with Crippen molar-refractivity contribution in [3.63, 3.8) is 0 Å². The Morgan fingerprint density at radius 1 is 0.939 bits per heavy atom. The number of hydrogen-bond donors (Lipinski definition) is 4. The number of ether oxygens (including phenoxy) is 1. The van der Waals surface area contributed by atoms with Crippen LogP contribution >= 0.6 is 0 Å². The number of carbonyl (C=O) groups excluding carboxylic acids is 4. The molecule has 1 aliphatic carbocycles. The quantitative estimate of drug-likeness (QED) is 0.148. The number of aliphatic hydroxyl groups is 1. The summed E-state index contributed by atoms with van der Waals surface area (Å²) in [6, 6.07) is 19.8. The van der Waals surface area contributed by atoms with Crippen LogP contribution in [0.4, 0.5) is 4.79 Å². The first kappa shape index (κ1) is 37.7. The lowest BCUT2D eigenvalue weighted by Crippen LogP contribution is -2.51. The summed E-state index contributed by atoms with van der Waals surface area (Å²) in [5, 5.41) is 17.6. The fourth-order valence-electron chi connectivity index (χ4n) is 6.45. The number of nitrogens with one attached hydrogen (secondary N) is 2. The molecule has 0 aromatic heterocycles. The second-order valence-electron chi connectivity index (χ2n) is 13.3. The molecule has 3 aromatic rings. The summed E-state index contributed by atoms with van der Waals surface area (Å²) in [4.78, 5) is 53.4. The van der Waals surface area contributed by atoms with E-state index in [4.69, 9.17) is 4.74 Å². The van der Waals surface area contributed by atoms with Crippen LogP contribution in [0.2, 0.25) is 0 Å². The van der Waals surface area contributed by atoms with E-state index in [1.807, 2.05) is 74.5 Å². The summed E-state index contributed by atoms with van der Waals surface area (Å²) in [5.74, 6) is -2.86. The molecule has 0 bridgehead atoms. The molecule has 0 spiro atoms. The van der Waals surface area contributed by atoms with E-state index in [0.717, 1.165) is 28.3 Å². The first-order chi connectivity index (χ1) is 23.3. The Morgan fingerprint density at radius 3 is 2.33 bits per heavy atom. The summed E-state index contributed by atoms with van der Waals surface area (Å²) < 4.78 is 39.0. The predicted molar refractivity (Wildman–Crippen MR) is 185 cm³/mol. The SMILES string of the molecule is CC(C)C[C@H](CC(=O)[C@H](Cc1cccc2ccccc12)NC(=O)OCc1ccccc1)C(=O)N[C@@H](C[C@@H]1CCCCC1=O)C(O)S(=O)(=O)O. The van der Waals surface area contributed by atoms with Crippen molar-refractivity contribution in [1.82, 2.24) is 10.6 Å². The average Bonchev–Trinajstić information content (AvgIpc) is 3.07. The van der Waals surface area contributed by atoms with Gasteiger partial charge >= 0.3 is 6.09 Å². The van der Waals surface area contributed by atoms with Crippen LogP contribution in [0.1, 0.15) is 69.9 Å². The van der Waals surface area contributed by atoms with Crippen molar-refractivity contribution >= 4 is 44.5 Å². The lowest BCUT2D eigenvalue weighted by Gasteiger charge is -2.30. The molecule has 0 heterocycles. The third-order valence-electron chi connectivity index (χ3n) is 8.97. The first-order valence-electron chi connectivity index (χ1n) is 16.8. The number of aliphatic hydroxyl groups excluding tert-OH is 1. The van der Waals surface area contributed by atoms with Gasteiger partial charge in [-0.1, -0.05) is 93.1 Å². The fraction of sp³-hybridized carbons (Fsp3) is 0.459. The number of benzene rings is 3. The summed E-state index contributed by atoms with van der Waals surface area (Å²) in [6.07, 6.45) is 1.29. The van der Waals surface area contributed by atoms with Crippen LogP contribution in [-0.4, -0.2) is 59.2 Å². The van der Waals surface area contributed by atoms with Crippen LogP contribution in [0.3, 0.4) is 0 Å². The van der Waals surface area contributed by atoms with Gasteiger partial charge in [-0.25, -0.2) is 4.79 Å². The zero-order valence-electron chi connectivity index (χ0n) is 27.9. The van der Waals surface area contributed by atoms with Gasteiger partial charge in [0.1, 0.15) is 12.4 Å². The van der Waals surface area contributed by atoms with Crippen molar-refractivity contribution in [2.45, 2.75) is 89.3 Å². The van der Waals surface area contributed by atoms with Gasteiger partial charge in [0.25, 0.3) is 10.1 Å². The molecule has 1 aliphatic rings. The van der Waals surface area contributed by atoms with Crippen LogP contribution in [0.25, 0.3) is 10.8 Å². The van der Waals surface area contributed by atoms with E-state index in [9.17, 15) is 37.3 Å². The standard InChI is InChI=1S/C37H46N2O9S/c1-24(2)19-29(35(42)38-32(36(43)49(45,46)47)21-28-14-7-9-18-33(28)40)22-34(41)31(39-37(44)48-23-25-11-4-3-5-12-25)20-27-16-10-15-26-13-6-8-17-30(26)27/h3-6,8,10-13,15-17,24,28-29,31-32,36,43H,7,9,14,18-23H2,1-2H3,(H,38,42)(H,39,44)(H,45,46,47)/t28-,29+,31-,32-,36?/m0/s1. The molecule has 264 valence electrons. The minimum absolute atomic E-state index is 0.0127. The Labute approximate surface area is 287 Å². The maximum absolute atomic E-state index is 14.0. The number of fused-ring (bicyclic) bond motifs is 1. The summed E-state index contributed by atoms with van der Waals surface area (Å²) in [6.45, 7) is 3.71. The van der Waals surface area contributed by atoms with Crippen molar-refractivity contribution in [3.8, 4) is 0 Å². The normalized spacial score (nSPS) is 17.6. The predicted octanol–water partition coefficient (Wildman–Crippen LogP) is 5.14. The number of rotatable bonds is 16. The van der Waals surface area contributed by atoms with Crippen molar-refractivity contribution in [2.75, 3.05) is 0 Å². The second-order valence-corrected chi connectivity index (χ2v) is 14.8. The average molecular weight is 695 g/mol. The van der Waals surface area contributed by atoms with Crippen LogP contribution in [-0.2, 0) is 42.3 Å². The highest BCUT2D eigenvalue weighted by Gasteiger charge is 2.38. The molecule has 3 aromatic carbocycles. The smallest absolute Gasteiger partial charge is 0.408 e. The molecule has 12 heteroatoms. The number of Topliss-reactive ketones (excluding diaryl/α,β-unsaturated/α-hetero) is 2. The molecule has 0 aliphatic heterocycles. The van der Waals surface area contributed by atoms with Crippen molar-refractivity contribution in [2.24, 2.45) is 17.8 Å². The molecular weight excluding hydrogens is 648 g/mol. The molecule has 1 fully saturated rings. The van der Waals surface area contributed by atoms with Gasteiger partial charge in [0.15, 0.2) is 5.78 Å². The highest BCUT2D eigenvalue weighted by molar-refractivity contribution is 7.86. The lowest BCUT2D eigenvalue weighted by atomic mass is 9.83. The van der Waals surface area contributed by atoms with E-state index >= 15 is 0 Å².